The maximum atomic E-state index is 13.4. The Morgan fingerprint density at radius 3 is 1.72 bits per heavy atom. The van der Waals surface area contributed by atoms with Gasteiger partial charge in [0.1, 0.15) is 0 Å². The highest BCUT2D eigenvalue weighted by molar-refractivity contribution is 5.40. The molecular formula is C20H13F3N2. The van der Waals surface area contributed by atoms with E-state index in [1.54, 1.807) is 6.07 Å². The SMILES string of the molecule is FC(F)(F)c1cccc2c1=NC(c1ccccc1)(c1ccccc1)N=2. The molecule has 0 N–H and O–H groups in total. The summed E-state index contributed by atoms with van der Waals surface area (Å²) in [6.45, 7) is 0. The zero-order valence-corrected chi connectivity index (χ0v) is 13.0. The van der Waals surface area contributed by atoms with Crippen LogP contribution in [0.2, 0.25) is 0 Å². The van der Waals surface area contributed by atoms with Gasteiger partial charge in [0.05, 0.1) is 16.3 Å². The molecule has 0 saturated carbocycles. The fraction of sp³-hybridized carbons (Fsp3) is 0.100. The molecule has 1 heterocycles. The van der Waals surface area contributed by atoms with E-state index in [1.807, 2.05) is 60.7 Å². The van der Waals surface area contributed by atoms with Crippen LogP contribution in [0.5, 0.6) is 0 Å². The highest BCUT2D eigenvalue weighted by Crippen LogP contribution is 2.36. The molecule has 25 heavy (non-hydrogen) atoms. The van der Waals surface area contributed by atoms with Gasteiger partial charge in [-0.3, -0.25) is 0 Å². The molecule has 0 aromatic heterocycles. The highest BCUT2D eigenvalue weighted by atomic mass is 19.4. The lowest BCUT2D eigenvalue weighted by Gasteiger charge is -2.24. The van der Waals surface area contributed by atoms with Crippen LogP contribution in [0.4, 0.5) is 13.2 Å². The summed E-state index contributed by atoms with van der Waals surface area (Å²) in [5.74, 6) is 0. The first-order valence-electron chi connectivity index (χ1n) is 7.78. The molecule has 5 heteroatoms. The van der Waals surface area contributed by atoms with Gasteiger partial charge in [-0.05, 0) is 12.1 Å². The summed E-state index contributed by atoms with van der Waals surface area (Å²) in [5.41, 5.74) is -0.509. The molecule has 0 bridgehead atoms. The molecule has 0 spiro atoms. The summed E-state index contributed by atoms with van der Waals surface area (Å²) in [7, 11) is 0. The van der Waals surface area contributed by atoms with E-state index in [2.05, 4.69) is 9.98 Å². The number of alkyl halides is 3. The Morgan fingerprint density at radius 2 is 1.20 bits per heavy atom. The number of hydrogen-bond acceptors (Lipinski definition) is 2. The van der Waals surface area contributed by atoms with Crippen LogP contribution in [0.3, 0.4) is 0 Å². The molecule has 3 aromatic rings. The lowest BCUT2D eigenvalue weighted by Crippen LogP contribution is -2.30. The van der Waals surface area contributed by atoms with Crippen LogP contribution >= 0.6 is 0 Å². The van der Waals surface area contributed by atoms with Gasteiger partial charge < -0.3 is 0 Å². The van der Waals surface area contributed by atoms with Crippen molar-refractivity contribution in [1.82, 2.24) is 0 Å². The van der Waals surface area contributed by atoms with Crippen LogP contribution in [0.25, 0.3) is 0 Å². The van der Waals surface area contributed by atoms with Gasteiger partial charge in [0.2, 0.25) is 5.66 Å². The molecule has 2 nitrogen and oxygen atoms in total. The first kappa shape index (κ1) is 15.6. The standard InChI is InChI=1S/C20H13F3N2/c21-20(22,23)16-12-7-13-17-18(16)25-19(24-17,14-8-3-1-4-9-14)15-10-5-2-6-11-15/h1-13H. The van der Waals surface area contributed by atoms with Crippen molar-refractivity contribution in [2.75, 3.05) is 0 Å². The van der Waals surface area contributed by atoms with Gasteiger partial charge in [-0.25, -0.2) is 9.98 Å². The summed E-state index contributed by atoms with van der Waals surface area (Å²) in [6.07, 6.45) is -4.48. The molecule has 1 aliphatic rings. The van der Waals surface area contributed by atoms with E-state index < -0.39 is 17.4 Å². The Morgan fingerprint density at radius 1 is 0.640 bits per heavy atom. The maximum absolute atomic E-state index is 13.4. The molecule has 0 amide bonds. The van der Waals surface area contributed by atoms with Crippen molar-refractivity contribution in [2.45, 2.75) is 11.8 Å². The van der Waals surface area contributed by atoms with E-state index in [4.69, 9.17) is 0 Å². The molecule has 1 aliphatic heterocycles. The number of hydrogen-bond donors (Lipinski definition) is 0. The predicted octanol–water partition coefficient (Wildman–Crippen LogP) is 3.86. The molecule has 0 saturated heterocycles. The van der Waals surface area contributed by atoms with E-state index in [-0.39, 0.29) is 10.7 Å². The molecule has 0 fully saturated rings. The number of rotatable bonds is 2. The smallest absolute Gasteiger partial charge is 0.244 e. The number of nitrogens with zero attached hydrogens (tertiary/aromatic N) is 2. The average molecular weight is 338 g/mol. The molecule has 0 atom stereocenters. The third-order valence-corrected chi connectivity index (χ3v) is 4.23. The first-order valence-corrected chi connectivity index (χ1v) is 7.78. The van der Waals surface area contributed by atoms with E-state index in [1.165, 1.54) is 6.07 Å². The van der Waals surface area contributed by atoms with Crippen LogP contribution in [0.1, 0.15) is 16.7 Å². The van der Waals surface area contributed by atoms with Gasteiger partial charge in [-0.15, -0.1) is 0 Å². The van der Waals surface area contributed by atoms with Crippen molar-refractivity contribution < 1.29 is 13.2 Å². The molecule has 124 valence electrons. The molecular weight excluding hydrogens is 325 g/mol. The van der Waals surface area contributed by atoms with Crippen LogP contribution in [0, 0.1) is 0 Å². The lowest BCUT2D eigenvalue weighted by atomic mass is 9.92. The number of halogens is 3. The summed E-state index contributed by atoms with van der Waals surface area (Å²) in [6, 6.07) is 22.3. The van der Waals surface area contributed by atoms with Crippen molar-refractivity contribution in [3.8, 4) is 0 Å². The fourth-order valence-electron chi connectivity index (χ4n) is 3.09. The van der Waals surface area contributed by atoms with E-state index in [0.717, 1.165) is 17.2 Å². The lowest BCUT2D eigenvalue weighted by molar-refractivity contribution is -0.138. The maximum Gasteiger partial charge on any atom is 0.418 e. The third-order valence-electron chi connectivity index (χ3n) is 4.23. The fourth-order valence-corrected chi connectivity index (χ4v) is 3.09. The Kier molecular flexibility index (Phi) is 3.46. The van der Waals surface area contributed by atoms with Crippen molar-refractivity contribution in [2.24, 2.45) is 9.98 Å². The quantitative estimate of drug-likeness (QED) is 0.678. The second-order valence-corrected chi connectivity index (χ2v) is 5.80. The van der Waals surface area contributed by atoms with E-state index in [9.17, 15) is 13.2 Å². The van der Waals surface area contributed by atoms with Crippen LogP contribution < -0.4 is 10.7 Å². The van der Waals surface area contributed by atoms with Crippen molar-refractivity contribution in [3.05, 3.63) is 106 Å². The van der Waals surface area contributed by atoms with E-state index in [0.29, 0.717) is 0 Å². The second kappa shape index (κ2) is 5.55. The third kappa shape index (κ3) is 2.52. The Labute approximate surface area is 142 Å². The average Bonchev–Trinajstić information content (AvgIpc) is 3.03. The highest BCUT2D eigenvalue weighted by Gasteiger charge is 2.39. The Bertz CT molecular complexity index is 987. The largest absolute Gasteiger partial charge is 0.418 e. The number of benzene rings is 3. The minimum Gasteiger partial charge on any atom is -0.244 e. The predicted molar refractivity (Wildman–Crippen MR) is 87.4 cm³/mol. The number of para-hydroxylation sites is 1. The van der Waals surface area contributed by atoms with Crippen molar-refractivity contribution in [1.29, 1.82) is 0 Å². The van der Waals surface area contributed by atoms with Gasteiger partial charge in [0.25, 0.3) is 0 Å². The van der Waals surface area contributed by atoms with Crippen molar-refractivity contribution in [3.63, 3.8) is 0 Å². The van der Waals surface area contributed by atoms with Gasteiger partial charge in [-0.1, -0.05) is 66.7 Å². The molecule has 0 unspecified atom stereocenters. The zero-order valence-electron chi connectivity index (χ0n) is 13.0. The Hall–Kier alpha value is -2.95. The van der Waals surface area contributed by atoms with Crippen LogP contribution in [0.15, 0.2) is 88.8 Å². The molecule has 3 aromatic carbocycles. The minimum absolute atomic E-state index is 0.109. The molecule has 0 aliphatic carbocycles. The summed E-state index contributed by atoms with van der Waals surface area (Å²) in [4.78, 5) is 9.13. The second-order valence-electron chi connectivity index (χ2n) is 5.80. The van der Waals surface area contributed by atoms with Gasteiger partial charge >= 0.3 is 6.18 Å². The summed E-state index contributed by atoms with van der Waals surface area (Å²) in [5, 5.41) is 0.144. The molecule has 4 rings (SSSR count). The molecule has 0 radical (unpaired) electrons. The summed E-state index contributed by atoms with van der Waals surface area (Å²) < 4.78 is 40.2. The minimum atomic E-state index is -4.48. The van der Waals surface area contributed by atoms with E-state index >= 15 is 0 Å². The zero-order chi connectivity index (χ0) is 17.5. The summed E-state index contributed by atoms with van der Waals surface area (Å²) >= 11 is 0. The van der Waals surface area contributed by atoms with Crippen LogP contribution in [-0.4, -0.2) is 0 Å². The van der Waals surface area contributed by atoms with Gasteiger partial charge in [-0.2, -0.15) is 13.2 Å². The first-order chi connectivity index (χ1) is 12.0. The van der Waals surface area contributed by atoms with Gasteiger partial charge in [0, 0.05) is 11.1 Å². The Balaban J connectivity index is 2.07. The topological polar surface area (TPSA) is 24.7 Å². The van der Waals surface area contributed by atoms with Crippen molar-refractivity contribution >= 4 is 0 Å². The van der Waals surface area contributed by atoms with Crippen LogP contribution in [-0.2, 0) is 11.8 Å². The monoisotopic (exact) mass is 338 g/mol. The normalized spacial score (nSPS) is 15.2. The van der Waals surface area contributed by atoms with Gasteiger partial charge in [0.15, 0.2) is 0 Å². The number of fused-ring (bicyclic) bond motifs is 1.